The van der Waals surface area contributed by atoms with E-state index in [0.717, 1.165) is 37.8 Å². The molecule has 6 rings (SSSR count). The summed E-state index contributed by atoms with van der Waals surface area (Å²) in [5.41, 5.74) is 1.01. The average Bonchev–Trinajstić information content (AvgIpc) is 3.65. The lowest BCUT2D eigenvalue weighted by Gasteiger charge is -2.27. The van der Waals surface area contributed by atoms with Crippen molar-refractivity contribution in [3.05, 3.63) is 95.3 Å². The van der Waals surface area contributed by atoms with E-state index in [-0.39, 0.29) is 34.2 Å². The van der Waals surface area contributed by atoms with Gasteiger partial charge in [0.15, 0.2) is 5.82 Å². The molecule has 2 N–H and O–H groups in total. The first-order valence-corrected chi connectivity index (χ1v) is 15.7. The van der Waals surface area contributed by atoms with Crippen molar-refractivity contribution in [1.82, 2.24) is 19.3 Å². The summed E-state index contributed by atoms with van der Waals surface area (Å²) in [5.74, 6) is -3.24. The van der Waals surface area contributed by atoms with Crippen LogP contribution in [0.1, 0.15) is 47.6 Å². The van der Waals surface area contributed by atoms with Crippen molar-refractivity contribution in [2.75, 3.05) is 26.1 Å². The minimum Gasteiger partial charge on any atom is -0.496 e. The van der Waals surface area contributed by atoms with Gasteiger partial charge in [-0.3, -0.25) is 9.59 Å². The van der Waals surface area contributed by atoms with E-state index in [4.69, 9.17) is 9.47 Å². The molecule has 0 aliphatic heterocycles. The van der Waals surface area contributed by atoms with E-state index in [9.17, 15) is 9.59 Å². The third-order valence-electron chi connectivity index (χ3n) is 9.07. The van der Waals surface area contributed by atoms with Gasteiger partial charge in [-0.2, -0.15) is 0 Å². The zero-order valence-electron chi connectivity index (χ0n) is 27.1. The lowest BCUT2D eigenvalue weighted by Crippen LogP contribution is -2.35. The predicted octanol–water partition coefficient (Wildman–Crippen LogP) is 6.50. The van der Waals surface area contributed by atoms with Gasteiger partial charge in [0.2, 0.25) is 11.7 Å². The van der Waals surface area contributed by atoms with Gasteiger partial charge >= 0.3 is 0 Å². The molecule has 1 fully saturated rings. The number of pyridine rings is 1. The van der Waals surface area contributed by atoms with E-state index in [1.807, 2.05) is 0 Å². The molecular weight excluding hydrogens is 623 g/mol. The quantitative estimate of drug-likeness (QED) is 0.131. The molecule has 12 heteroatoms. The molecule has 0 unspecified atom stereocenters. The van der Waals surface area contributed by atoms with Gasteiger partial charge in [-0.15, -0.1) is 0 Å². The summed E-state index contributed by atoms with van der Waals surface area (Å²) >= 11 is 0. The maximum atomic E-state index is 16.0. The number of aromatic nitrogens is 3. The molecule has 9 nitrogen and oxygen atoms in total. The van der Waals surface area contributed by atoms with E-state index < -0.39 is 34.8 Å². The molecule has 1 aliphatic carbocycles. The molecule has 0 radical (unpaired) electrons. The summed E-state index contributed by atoms with van der Waals surface area (Å²) in [4.78, 5) is 30.4. The molecule has 5 aromatic rings. The van der Waals surface area contributed by atoms with Gasteiger partial charge < -0.3 is 29.1 Å². The van der Waals surface area contributed by atoms with Crippen LogP contribution in [-0.2, 0) is 16.6 Å². The number of carbonyl (C=O) groups is 2. The lowest BCUT2D eigenvalue weighted by molar-refractivity contribution is -0.112. The largest absolute Gasteiger partial charge is 0.496 e. The molecule has 0 spiro atoms. The van der Waals surface area contributed by atoms with Crippen LogP contribution < -0.4 is 15.4 Å². The molecule has 0 saturated heterocycles. The summed E-state index contributed by atoms with van der Waals surface area (Å²) < 4.78 is 60.5. The maximum absolute atomic E-state index is 16.0. The Morgan fingerprint density at radius 2 is 1.75 bits per heavy atom. The number of halogens is 3. The topological polar surface area (TPSA) is 98.9 Å². The number of rotatable bonds is 10. The normalized spacial score (nSPS) is 16.6. The number of aryl methyl sites for hydroxylation is 2. The number of nitrogens with zero attached hydrogens (tertiary/aromatic N) is 3. The molecule has 0 atom stereocenters. The van der Waals surface area contributed by atoms with Crippen molar-refractivity contribution in [2.24, 2.45) is 7.05 Å². The first-order valence-electron chi connectivity index (χ1n) is 15.7. The van der Waals surface area contributed by atoms with Gasteiger partial charge in [-0.05, 0) is 62.9 Å². The van der Waals surface area contributed by atoms with E-state index in [0.29, 0.717) is 35.0 Å². The van der Waals surface area contributed by atoms with Crippen LogP contribution in [0.25, 0.3) is 27.7 Å². The van der Waals surface area contributed by atoms with E-state index in [1.165, 1.54) is 23.7 Å². The Kier molecular flexibility index (Phi) is 9.38. The van der Waals surface area contributed by atoms with Gasteiger partial charge in [0.05, 0.1) is 35.5 Å². The fourth-order valence-electron chi connectivity index (χ4n) is 6.36. The molecule has 3 aromatic heterocycles. The van der Waals surface area contributed by atoms with Crippen LogP contribution in [0.4, 0.5) is 18.9 Å². The van der Waals surface area contributed by atoms with Crippen LogP contribution in [0.2, 0.25) is 0 Å². The highest BCUT2D eigenvalue weighted by Gasteiger charge is 2.25. The number of ether oxygens (including phenoxy) is 2. The minimum atomic E-state index is -1.10. The zero-order chi connectivity index (χ0) is 34.1. The van der Waals surface area contributed by atoms with Crippen molar-refractivity contribution in [3.8, 4) is 16.9 Å². The van der Waals surface area contributed by atoms with Crippen molar-refractivity contribution in [2.45, 2.75) is 44.8 Å². The Balaban J connectivity index is 1.21. The van der Waals surface area contributed by atoms with Crippen molar-refractivity contribution >= 4 is 33.9 Å². The Bertz CT molecular complexity index is 2040. The maximum Gasteiger partial charge on any atom is 0.248 e. The third-order valence-corrected chi connectivity index (χ3v) is 9.07. The molecule has 1 saturated carbocycles. The number of ketones is 1. The Morgan fingerprint density at radius 1 is 1.02 bits per heavy atom. The molecule has 48 heavy (non-hydrogen) atoms. The Morgan fingerprint density at radius 3 is 2.44 bits per heavy atom. The van der Waals surface area contributed by atoms with E-state index in [2.05, 4.69) is 15.6 Å². The second-order valence-corrected chi connectivity index (χ2v) is 11.9. The van der Waals surface area contributed by atoms with E-state index >= 15 is 13.2 Å². The predicted molar refractivity (Wildman–Crippen MR) is 177 cm³/mol. The summed E-state index contributed by atoms with van der Waals surface area (Å²) in [7, 11) is 4.94. The van der Waals surface area contributed by atoms with Gasteiger partial charge in [-0.1, -0.05) is 12.1 Å². The van der Waals surface area contributed by atoms with Crippen LogP contribution in [0, 0.1) is 24.4 Å². The molecule has 1 amide bonds. The van der Waals surface area contributed by atoms with Crippen LogP contribution in [0.5, 0.6) is 5.75 Å². The van der Waals surface area contributed by atoms with Gasteiger partial charge in [0.25, 0.3) is 0 Å². The average molecular weight is 660 g/mol. The van der Waals surface area contributed by atoms with Gasteiger partial charge in [0.1, 0.15) is 34.4 Å². The molecule has 1 aliphatic rings. The second kappa shape index (κ2) is 13.7. The van der Waals surface area contributed by atoms with Crippen molar-refractivity contribution in [1.29, 1.82) is 0 Å². The third kappa shape index (κ3) is 6.20. The van der Waals surface area contributed by atoms with Gasteiger partial charge in [-0.25, -0.2) is 18.2 Å². The molecule has 3 heterocycles. The summed E-state index contributed by atoms with van der Waals surface area (Å²) in [6.07, 6.45) is 8.56. The van der Waals surface area contributed by atoms with Crippen LogP contribution >= 0.6 is 0 Å². The Labute approximate surface area is 275 Å². The number of carbonyl (C=O) groups excluding carboxylic acids is 2. The number of amides is 1. The number of fused-ring (bicyclic) bond motifs is 2. The number of methoxy groups -OCH3 is 2. The number of hydrogen-bond acceptors (Lipinski definition) is 6. The highest BCUT2D eigenvalue weighted by atomic mass is 19.1. The van der Waals surface area contributed by atoms with Crippen LogP contribution in [-0.4, -0.2) is 58.6 Å². The standard InChI is InChI=1S/C36H36F3N5O4/c1-20-41-35-29(43(20)2)19-30(48-4)32(33(35)39)24-7-6-16-44-27(24)13-14-28(44)36(46)21-17-25(37)34(26(38)18-21)42-31(45)8-5-15-40-22-9-11-23(47-3)12-10-22/h5-8,13-14,16-19,22-23,40H,9-12,15H2,1-4H3,(H,42,45)/b8-5+. The molecule has 250 valence electrons. The zero-order valence-corrected chi connectivity index (χ0v) is 27.1. The first kappa shape index (κ1) is 33.0. The molecule has 2 aromatic carbocycles. The van der Waals surface area contributed by atoms with Crippen LogP contribution in [0.15, 0.2) is 60.8 Å². The fourth-order valence-corrected chi connectivity index (χ4v) is 6.36. The SMILES string of the molecule is COc1cc2c(nc(C)n2C)c(F)c1-c1cccn2c(C(=O)c3cc(F)c(NC(=O)/C=C/CNC4CCC(OC)CC4)c(F)c3)ccc12. The monoisotopic (exact) mass is 659 g/mol. The Hall–Kier alpha value is -4.94. The highest BCUT2D eigenvalue weighted by Crippen LogP contribution is 2.40. The van der Waals surface area contributed by atoms with Gasteiger partial charge in [0, 0.05) is 56.2 Å². The smallest absolute Gasteiger partial charge is 0.248 e. The lowest BCUT2D eigenvalue weighted by atomic mass is 9.93. The number of nitrogens with one attached hydrogen (secondary N) is 2. The first-order chi connectivity index (χ1) is 23.1. The van der Waals surface area contributed by atoms with Crippen molar-refractivity contribution in [3.63, 3.8) is 0 Å². The van der Waals surface area contributed by atoms with Crippen molar-refractivity contribution < 1.29 is 32.2 Å². The summed E-state index contributed by atoms with van der Waals surface area (Å²) in [5, 5.41) is 5.58. The summed E-state index contributed by atoms with van der Waals surface area (Å²) in [6.45, 7) is 2.20. The number of hydrogen-bond donors (Lipinski definition) is 2. The summed E-state index contributed by atoms with van der Waals surface area (Å²) in [6, 6.07) is 10.3. The minimum absolute atomic E-state index is 0.0997. The molecule has 0 bridgehead atoms. The molecular formula is C36H36F3N5O4. The number of benzene rings is 2. The van der Waals surface area contributed by atoms with Crippen LogP contribution in [0.3, 0.4) is 0 Å². The highest BCUT2D eigenvalue weighted by molar-refractivity contribution is 6.09. The second-order valence-electron chi connectivity index (χ2n) is 11.9. The fraction of sp³-hybridized carbons (Fsp3) is 0.306. The number of anilines is 1. The number of imidazole rings is 1. The van der Waals surface area contributed by atoms with E-state index in [1.54, 1.807) is 62.2 Å².